The van der Waals surface area contributed by atoms with Gasteiger partial charge in [-0.05, 0) is 132 Å². The Morgan fingerprint density at radius 3 is 1.96 bits per heavy atom. The molecule has 1 amide bonds. The molecule has 71 heavy (non-hydrogen) atoms. The van der Waals surface area contributed by atoms with Gasteiger partial charge in [-0.25, -0.2) is 4.79 Å². The number of esters is 1. The average molecular weight is 1030 g/mol. The molecule has 3 heterocycles. The Bertz CT molecular complexity index is 1900. The molecule has 3 aliphatic heterocycles. The maximum atomic E-state index is 15.0. The van der Waals surface area contributed by atoms with Crippen molar-refractivity contribution in [1.82, 2.24) is 4.90 Å². The number of carbonyl (C=O) groups excluding carboxylic acids is 4. The standard InChI is InChI=1S/C56H97NO12Si2/c1-20-23-41-29-35(2)28-36(3)30-47(64-14)50-48(65-15)32-38(5)56(62,67-50)51(59)52(60)57-27-22-21-24-42(57)53(61)66-49(39(6)45(34-43(41)58)69-71(18,19)55(10,11)12)37(4)31-40-25-26-44(46(33-40)63-13)68-70(16,17)54(7,8)9/h20,29,31,36,38-42,44-50,62H,1,21-28,30,32-34H2,2-19H3/b35-29-,37-31+. The second-order valence-electron chi connectivity index (χ2n) is 25.0. The van der Waals surface area contributed by atoms with Crippen LogP contribution in [0, 0.1) is 29.6 Å². The van der Waals surface area contributed by atoms with Crippen molar-refractivity contribution >= 4 is 40.1 Å². The van der Waals surface area contributed by atoms with Gasteiger partial charge in [-0.3, -0.25) is 14.4 Å². The lowest BCUT2D eigenvalue weighted by atomic mass is 9.81. The van der Waals surface area contributed by atoms with Gasteiger partial charge in [0.2, 0.25) is 5.79 Å². The highest BCUT2D eigenvalue weighted by molar-refractivity contribution is 6.74. The Labute approximate surface area is 431 Å². The number of allylic oxidation sites excluding steroid dienone is 4. The predicted molar refractivity (Wildman–Crippen MR) is 285 cm³/mol. The molecule has 0 aromatic carbocycles. The van der Waals surface area contributed by atoms with Gasteiger partial charge in [0.05, 0.1) is 30.5 Å². The number of hydrogen-bond acceptors (Lipinski definition) is 12. The minimum Gasteiger partial charge on any atom is -0.456 e. The zero-order chi connectivity index (χ0) is 53.6. The summed E-state index contributed by atoms with van der Waals surface area (Å²) in [6.07, 6.45) is 7.96. The number of hydrogen-bond donors (Lipinski definition) is 1. The first-order chi connectivity index (χ1) is 32.9. The first-order valence-corrected chi connectivity index (χ1v) is 32.6. The van der Waals surface area contributed by atoms with Crippen molar-refractivity contribution in [1.29, 1.82) is 0 Å². The van der Waals surface area contributed by atoms with Crippen LogP contribution in [0.2, 0.25) is 36.3 Å². The van der Waals surface area contributed by atoms with Crippen LogP contribution >= 0.6 is 0 Å². The summed E-state index contributed by atoms with van der Waals surface area (Å²) in [7, 11) is 0.207. The van der Waals surface area contributed by atoms with Crippen LogP contribution < -0.4 is 0 Å². The number of amides is 1. The Hall–Kier alpha value is -2.35. The molecule has 4 aliphatic rings. The largest absolute Gasteiger partial charge is 0.456 e. The van der Waals surface area contributed by atoms with Gasteiger partial charge in [0, 0.05) is 52.0 Å². The first kappa shape index (κ1) is 61.2. The summed E-state index contributed by atoms with van der Waals surface area (Å²) in [6, 6.07) is -1.11. The van der Waals surface area contributed by atoms with E-state index in [1.807, 2.05) is 20.8 Å². The molecule has 4 rings (SSSR count). The summed E-state index contributed by atoms with van der Waals surface area (Å²) < 4.78 is 45.4. The van der Waals surface area contributed by atoms with Crippen LogP contribution in [0.1, 0.15) is 147 Å². The summed E-state index contributed by atoms with van der Waals surface area (Å²) >= 11 is 0. The zero-order valence-electron chi connectivity index (χ0n) is 47.3. The van der Waals surface area contributed by atoms with E-state index in [0.29, 0.717) is 38.5 Å². The van der Waals surface area contributed by atoms with Gasteiger partial charge in [0.15, 0.2) is 16.6 Å². The number of rotatable bonds is 11. The summed E-state index contributed by atoms with van der Waals surface area (Å²) in [5.74, 6) is -6.99. The minimum atomic E-state index is -2.56. The molecule has 0 spiro atoms. The Kier molecular flexibility index (Phi) is 21.5. The van der Waals surface area contributed by atoms with Crippen molar-refractivity contribution in [3.05, 3.63) is 36.0 Å². The van der Waals surface area contributed by atoms with Gasteiger partial charge in [0.1, 0.15) is 24.0 Å². The normalized spacial score (nSPS) is 36.3. The molecular formula is C56H97NO12Si2. The van der Waals surface area contributed by atoms with E-state index in [4.69, 9.17) is 32.5 Å². The van der Waals surface area contributed by atoms with Gasteiger partial charge in [-0.1, -0.05) is 86.1 Å². The van der Waals surface area contributed by atoms with Crippen LogP contribution in [0.5, 0.6) is 0 Å². The molecule has 2 bridgehead atoms. The number of ether oxygens (including phenoxy) is 5. The Morgan fingerprint density at radius 1 is 0.817 bits per heavy atom. The maximum absolute atomic E-state index is 15.0. The average Bonchev–Trinajstić information content (AvgIpc) is 3.28. The van der Waals surface area contributed by atoms with E-state index in [0.717, 1.165) is 24.0 Å². The van der Waals surface area contributed by atoms with Crippen LogP contribution in [0.4, 0.5) is 0 Å². The first-order valence-electron chi connectivity index (χ1n) is 26.7. The summed E-state index contributed by atoms with van der Waals surface area (Å²) in [5.41, 5.74) is 1.83. The van der Waals surface area contributed by atoms with E-state index < -0.39 is 94.4 Å². The van der Waals surface area contributed by atoms with Crippen LogP contribution in [-0.2, 0) is 51.7 Å². The summed E-state index contributed by atoms with van der Waals surface area (Å²) in [4.78, 5) is 60.4. The van der Waals surface area contributed by atoms with Crippen LogP contribution in [0.15, 0.2) is 36.0 Å². The second-order valence-corrected chi connectivity index (χ2v) is 34.5. The third kappa shape index (κ3) is 15.0. The number of Topliss-reactive ketones (excluding diaryl/α,β-unsaturated/α-hetero) is 2. The molecule has 0 aromatic rings. The monoisotopic (exact) mass is 1030 g/mol. The van der Waals surface area contributed by atoms with E-state index in [-0.39, 0.29) is 65.7 Å². The summed E-state index contributed by atoms with van der Waals surface area (Å²) in [5, 5.41) is 12.1. The molecule has 3 fully saturated rings. The smallest absolute Gasteiger partial charge is 0.329 e. The summed E-state index contributed by atoms with van der Waals surface area (Å²) in [6.45, 7) is 36.1. The lowest BCUT2D eigenvalue weighted by Gasteiger charge is -2.47. The molecule has 1 saturated carbocycles. The number of cyclic esters (lactones) is 1. The van der Waals surface area contributed by atoms with Crippen molar-refractivity contribution < 1.29 is 56.8 Å². The quantitative estimate of drug-likeness (QED) is 0.0906. The van der Waals surface area contributed by atoms with Gasteiger partial charge >= 0.3 is 5.97 Å². The molecule has 15 heteroatoms. The lowest BCUT2D eigenvalue weighted by molar-refractivity contribution is -0.302. The predicted octanol–water partition coefficient (Wildman–Crippen LogP) is 10.7. The van der Waals surface area contributed by atoms with Crippen LogP contribution in [0.3, 0.4) is 0 Å². The van der Waals surface area contributed by atoms with Crippen molar-refractivity contribution in [3.8, 4) is 0 Å². The molecule has 0 radical (unpaired) electrons. The Morgan fingerprint density at radius 2 is 1.39 bits per heavy atom. The van der Waals surface area contributed by atoms with Gasteiger partial charge < -0.3 is 42.5 Å². The van der Waals surface area contributed by atoms with E-state index >= 15 is 4.79 Å². The highest BCUT2D eigenvalue weighted by Crippen LogP contribution is 2.44. The van der Waals surface area contributed by atoms with Gasteiger partial charge in [0.25, 0.3) is 11.7 Å². The number of aliphatic hydroxyl groups is 1. The van der Waals surface area contributed by atoms with E-state index in [1.165, 1.54) is 4.90 Å². The molecule has 0 aromatic heterocycles. The second kappa shape index (κ2) is 25.0. The number of nitrogens with zero attached hydrogens (tertiary/aromatic N) is 1. The van der Waals surface area contributed by atoms with E-state index in [1.54, 1.807) is 34.3 Å². The molecule has 14 atom stereocenters. The van der Waals surface area contributed by atoms with Crippen molar-refractivity contribution in [3.63, 3.8) is 0 Å². The third-order valence-electron chi connectivity index (χ3n) is 17.3. The highest BCUT2D eigenvalue weighted by atomic mass is 28.4. The molecule has 2 saturated heterocycles. The fraction of sp³-hybridized carbons (Fsp3) is 0.821. The molecule has 13 nitrogen and oxygen atoms in total. The lowest BCUT2D eigenvalue weighted by Crippen LogP contribution is -2.64. The number of piperidine rings is 1. The van der Waals surface area contributed by atoms with E-state index in [2.05, 4.69) is 93.4 Å². The van der Waals surface area contributed by atoms with E-state index in [9.17, 15) is 19.5 Å². The molecule has 406 valence electrons. The number of carbonyl (C=O) groups is 4. The molecular weight excluding hydrogens is 935 g/mol. The van der Waals surface area contributed by atoms with Crippen molar-refractivity contribution in [2.45, 2.75) is 238 Å². The number of ketones is 2. The number of methoxy groups -OCH3 is 3. The fourth-order valence-corrected chi connectivity index (χ4v) is 13.6. The van der Waals surface area contributed by atoms with Gasteiger partial charge in [-0.2, -0.15) is 0 Å². The van der Waals surface area contributed by atoms with Crippen LogP contribution in [-0.4, -0.2) is 133 Å². The zero-order valence-corrected chi connectivity index (χ0v) is 49.3. The van der Waals surface area contributed by atoms with Gasteiger partial charge in [-0.15, -0.1) is 6.58 Å². The number of fused-ring (bicyclic) bond motifs is 3. The van der Waals surface area contributed by atoms with Crippen molar-refractivity contribution in [2.75, 3.05) is 27.9 Å². The minimum absolute atomic E-state index is 0.0114. The third-order valence-corrected chi connectivity index (χ3v) is 26.3. The molecule has 1 aliphatic carbocycles. The highest BCUT2D eigenvalue weighted by Gasteiger charge is 2.57. The topological polar surface area (TPSA) is 156 Å². The maximum Gasteiger partial charge on any atom is 0.329 e. The fourth-order valence-electron chi connectivity index (χ4n) is 10.8. The SMILES string of the molecule is C=CCC1/C=C(/C)CC(C)CC(OC)C2OC(O)(C(=O)C(=O)N3CCCCC3C(=O)OC(/C(C)=C/C3CCC(O[Si](C)(C)C(C)(C)C)C(OC)C3)C(C)C(O[Si](C)(C)C(C)(C)C)CC1=O)C(C)CC2OC. The van der Waals surface area contributed by atoms with Crippen molar-refractivity contribution in [2.24, 2.45) is 29.6 Å². The molecule has 1 N–H and O–H groups in total. The van der Waals surface area contributed by atoms with Crippen LogP contribution in [0.25, 0.3) is 0 Å². The molecule has 14 unspecified atom stereocenters. The Balaban J connectivity index is 1.89.